The van der Waals surface area contributed by atoms with E-state index in [1.165, 1.54) is 4.31 Å². The van der Waals surface area contributed by atoms with Crippen LogP contribution in [-0.2, 0) is 21.2 Å². The molecular weight excluding hydrogens is 416 g/mol. The number of hydrogen-bond donors (Lipinski definition) is 1. The minimum absolute atomic E-state index is 0.225. The Morgan fingerprint density at radius 1 is 1.00 bits per heavy atom. The molecule has 3 aromatic rings. The maximum absolute atomic E-state index is 13.4. The van der Waals surface area contributed by atoms with E-state index in [0.29, 0.717) is 16.9 Å². The van der Waals surface area contributed by atoms with E-state index < -0.39 is 10.0 Å². The van der Waals surface area contributed by atoms with Crippen molar-refractivity contribution in [2.75, 3.05) is 22.4 Å². The normalized spacial score (nSPS) is 14.0. The second kappa shape index (κ2) is 8.16. The number of benzene rings is 3. The molecule has 7 heteroatoms. The lowest BCUT2D eigenvalue weighted by Crippen LogP contribution is -2.40. The largest absolute Gasteiger partial charge is 0.324 e. The first-order chi connectivity index (χ1) is 14.4. The van der Waals surface area contributed by atoms with Crippen molar-refractivity contribution in [3.8, 4) is 11.1 Å². The molecule has 0 atom stereocenters. The van der Waals surface area contributed by atoms with Crippen LogP contribution in [0.5, 0.6) is 0 Å². The first-order valence-corrected chi connectivity index (χ1v) is 12.3. The number of carbonyl (C=O) groups excluding carboxylic acids is 1. The van der Waals surface area contributed by atoms with E-state index in [1.807, 2.05) is 48.7 Å². The van der Waals surface area contributed by atoms with Crippen molar-refractivity contribution < 1.29 is 13.2 Å². The minimum atomic E-state index is -3.85. The van der Waals surface area contributed by atoms with Gasteiger partial charge in [-0.3, -0.25) is 9.10 Å². The molecule has 4 rings (SSSR count). The summed E-state index contributed by atoms with van der Waals surface area (Å²) in [7, 11) is -3.85. The lowest BCUT2D eigenvalue weighted by molar-refractivity contribution is -0.114. The van der Waals surface area contributed by atoms with Gasteiger partial charge in [-0.2, -0.15) is 0 Å². The SMILES string of the molecule is CCc1ccc2c(c1)-c1ccccc1S(=O)(=O)N2CC(=O)Nc1cccc(SC)c1. The van der Waals surface area contributed by atoms with E-state index in [9.17, 15) is 13.2 Å². The molecular formula is C23H22N2O3S2. The van der Waals surface area contributed by atoms with Gasteiger partial charge in [0.25, 0.3) is 10.0 Å². The molecule has 154 valence electrons. The van der Waals surface area contributed by atoms with E-state index in [0.717, 1.165) is 22.4 Å². The smallest absolute Gasteiger partial charge is 0.265 e. The summed E-state index contributed by atoms with van der Waals surface area (Å²) < 4.78 is 27.9. The van der Waals surface area contributed by atoms with Crippen LogP contribution in [0.3, 0.4) is 0 Å². The number of thioether (sulfide) groups is 1. The van der Waals surface area contributed by atoms with Crippen LogP contribution in [0.15, 0.2) is 76.5 Å². The Kier molecular flexibility index (Phi) is 5.58. The van der Waals surface area contributed by atoms with Gasteiger partial charge in [0.05, 0.1) is 10.6 Å². The highest BCUT2D eigenvalue weighted by molar-refractivity contribution is 7.98. The molecule has 0 unspecified atom stereocenters. The second-order valence-corrected chi connectivity index (χ2v) is 9.70. The quantitative estimate of drug-likeness (QED) is 0.582. The number of rotatable bonds is 5. The minimum Gasteiger partial charge on any atom is -0.324 e. The summed E-state index contributed by atoms with van der Waals surface area (Å²) in [6, 6.07) is 20.1. The van der Waals surface area contributed by atoms with Gasteiger partial charge in [-0.1, -0.05) is 37.3 Å². The van der Waals surface area contributed by atoms with Crippen LogP contribution in [0, 0.1) is 0 Å². The Hall–Kier alpha value is -2.77. The van der Waals surface area contributed by atoms with Gasteiger partial charge in [0, 0.05) is 21.7 Å². The van der Waals surface area contributed by atoms with Crippen LogP contribution in [0.1, 0.15) is 12.5 Å². The lowest BCUT2D eigenvalue weighted by Gasteiger charge is -2.32. The van der Waals surface area contributed by atoms with E-state index in [2.05, 4.69) is 12.2 Å². The predicted molar refractivity (Wildman–Crippen MR) is 123 cm³/mol. The van der Waals surface area contributed by atoms with E-state index >= 15 is 0 Å². The first kappa shape index (κ1) is 20.5. The molecule has 1 heterocycles. The average Bonchev–Trinajstić information content (AvgIpc) is 2.76. The lowest BCUT2D eigenvalue weighted by atomic mass is 9.99. The summed E-state index contributed by atoms with van der Waals surface area (Å²) in [5, 5.41) is 2.82. The van der Waals surface area contributed by atoms with Gasteiger partial charge in [0.1, 0.15) is 6.54 Å². The van der Waals surface area contributed by atoms with Crippen molar-refractivity contribution in [2.45, 2.75) is 23.1 Å². The fourth-order valence-corrected chi connectivity index (χ4v) is 5.71. The molecule has 0 saturated heterocycles. The summed E-state index contributed by atoms with van der Waals surface area (Å²) in [5.41, 5.74) is 3.78. The van der Waals surface area contributed by atoms with Crippen molar-refractivity contribution in [3.63, 3.8) is 0 Å². The third-order valence-corrected chi connectivity index (χ3v) is 7.67. The predicted octanol–water partition coefficient (Wildman–Crippen LogP) is 4.79. The van der Waals surface area contributed by atoms with Crippen molar-refractivity contribution in [1.82, 2.24) is 0 Å². The Balaban J connectivity index is 1.72. The summed E-state index contributed by atoms with van der Waals surface area (Å²) in [6.07, 6.45) is 2.80. The first-order valence-electron chi connectivity index (χ1n) is 9.63. The number of anilines is 2. The molecule has 1 N–H and O–H groups in total. The zero-order chi connectivity index (χ0) is 21.3. The van der Waals surface area contributed by atoms with Crippen LogP contribution in [0.2, 0.25) is 0 Å². The topological polar surface area (TPSA) is 66.5 Å². The van der Waals surface area contributed by atoms with E-state index in [4.69, 9.17) is 0 Å². The number of sulfonamides is 1. The zero-order valence-corrected chi connectivity index (χ0v) is 18.4. The molecule has 0 aromatic heterocycles. The summed E-state index contributed by atoms with van der Waals surface area (Å²) in [5.74, 6) is -0.387. The van der Waals surface area contributed by atoms with Gasteiger partial charge >= 0.3 is 0 Å². The number of nitrogens with zero attached hydrogens (tertiary/aromatic N) is 1. The second-order valence-electron chi connectivity index (χ2n) is 6.99. The van der Waals surface area contributed by atoms with Crippen molar-refractivity contribution in [2.24, 2.45) is 0 Å². The molecule has 3 aromatic carbocycles. The summed E-state index contributed by atoms with van der Waals surface area (Å²) in [4.78, 5) is 14.0. The third-order valence-electron chi connectivity index (χ3n) is 5.12. The van der Waals surface area contributed by atoms with Crippen LogP contribution >= 0.6 is 11.8 Å². The summed E-state index contributed by atoms with van der Waals surface area (Å²) >= 11 is 1.57. The van der Waals surface area contributed by atoms with Crippen LogP contribution in [-0.4, -0.2) is 27.1 Å². The number of nitrogens with one attached hydrogen (secondary N) is 1. The molecule has 0 bridgehead atoms. The fourth-order valence-electron chi connectivity index (χ4n) is 3.60. The van der Waals surface area contributed by atoms with Gasteiger partial charge in [-0.05, 0) is 54.6 Å². The van der Waals surface area contributed by atoms with Gasteiger partial charge in [0.2, 0.25) is 5.91 Å². The van der Waals surface area contributed by atoms with Crippen LogP contribution in [0.4, 0.5) is 11.4 Å². The van der Waals surface area contributed by atoms with Crippen molar-refractivity contribution in [3.05, 3.63) is 72.3 Å². The number of fused-ring (bicyclic) bond motifs is 3. The van der Waals surface area contributed by atoms with E-state index in [-0.39, 0.29) is 17.3 Å². The highest BCUT2D eigenvalue weighted by atomic mass is 32.2. The monoisotopic (exact) mass is 438 g/mol. The maximum Gasteiger partial charge on any atom is 0.265 e. The average molecular weight is 439 g/mol. The number of amides is 1. The number of aryl methyl sites for hydroxylation is 1. The Labute approximate surface area is 181 Å². The third kappa shape index (κ3) is 3.70. The Morgan fingerprint density at radius 2 is 1.80 bits per heavy atom. The molecule has 0 aliphatic carbocycles. The maximum atomic E-state index is 13.4. The Bertz CT molecular complexity index is 1220. The molecule has 1 aliphatic rings. The molecule has 0 fully saturated rings. The van der Waals surface area contributed by atoms with Gasteiger partial charge in [-0.25, -0.2) is 8.42 Å². The summed E-state index contributed by atoms with van der Waals surface area (Å²) in [6.45, 7) is 1.76. The van der Waals surface area contributed by atoms with Crippen LogP contribution in [0.25, 0.3) is 11.1 Å². The highest BCUT2D eigenvalue weighted by Gasteiger charge is 2.35. The van der Waals surface area contributed by atoms with Crippen LogP contribution < -0.4 is 9.62 Å². The van der Waals surface area contributed by atoms with Crippen molar-refractivity contribution >= 4 is 39.1 Å². The van der Waals surface area contributed by atoms with Gasteiger partial charge in [-0.15, -0.1) is 11.8 Å². The van der Waals surface area contributed by atoms with E-state index in [1.54, 1.807) is 36.0 Å². The number of hydrogen-bond acceptors (Lipinski definition) is 4. The molecule has 5 nitrogen and oxygen atoms in total. The molecule has 0 radical (unpaired) electrons. The molecule has 0 saturated carbocycles. The van der Waals surface area contributed by atoms with Gasteiger partial charge < -0.3 is 5.32 Å². The molecule has 1 amide bonds. The number of carbonyl (C=O) groups is 1. The molecule has 0 spiro atoms. The molecule has 1 aliphatic heterocycles. The van der Waals surface area contributed by atoms with Crippen molar-refractivity contribution in [1.29, 1.82) is 0 Å². The standard InChI is InChI=1S/C23H22N2O3S2/c1-3-16-11-12-21-20(13-16)19-9-4-5-10-22(19)30(27,28)25(21)15-23(26)24-17-7-6-8-18(14-17)29-2/h4-14H,3,15H2,1-2H3,(H,24,26). The molecule has 30 heavy (non-hydrogen) atoms. The fraction of sp³-hybridized carbons (Fsp3) is 0.174. The van der Waals surface area contributed by atoms with Gasteiger partial charge in [0.15, 0.2) is 0 Å². The Morgan fingerprint density at radius 3 is 2.57 bits per heavy atom. The highest BCUT2D eigenvalue weighted by Crippen LogP contribution is 2.43. The zero-order valence-electron chi connectivity index (χ0n) is 16.8.